The Kier molecular flexibility index (Phi) is 3.18. The molecule has 1 N–H and O–H groups in total. The zero-order valence-corrected chi connectivity index (χ0v) is 8.59. The molecular formula is C7H4BrF3N2O2. The SMILES string of the molecule is O=[N+]([O-])c1c(NBr)cccc1C(F)(F)F. The number of alkyl halides is 3. The number of halogens is 4. The van der Waals surface area contributed by atoms with Crippen molar-refractivity contribution in [2.75, 3.05) is 4.34 Å². The standard InChI is InChI=1S/C7H4BrF3N2O2/c8-12-5-3-1-2-4(7(9,10)11)6(5)13(14)15/h1-3,12H. The number of hydrogen-bond donors (Lipinski definition) is 1. The Morgan fingerprint density at radius 2 is 2.00 bits per heavy atom. The zero-order valence-electron chi connectivity index (χ0n) is 7.01. The van der Waals surface area contributed by atoms with Crippen LogP contribution in [-0.4, -0.2) is 4.92 Å². The summed E-state index contributed by atoms with van der Waals surface area (Å²) in [6, 6.07) is 2.91. The zero-order chi connectivity index (χ0) is 11.6. The first-order chi connectivity index (χ1) is 6.88. The van der Waals surface area contributed by atoms with Crippen LogP contribution in [0.2, 0.25) is 0 Å². The molecule has 1 rings (SSSR count). The topological polar surface area (TPSA) is 55.2 Å². The lowest BCUT2D eigenvalue weighted by Gasteiger charge is -2.09. The summed E-state index contributed by atoms with van der Waals surface area (Å²) in [5, 5.41) is 10.5. The third-order valence-electron chi connectivity index (χ3n) is 1.63. The normalized spacial score (nSPS) is 11.2. The molecule has 8 heteroatoms. The number of hydrogen-bond acceptors (Lipinski definition) is 3. The molecule has 1 aromatic rings. The number of anilines is 1. The molecule has 0 saturated carbocycles. The first-order valence-corrected chi connectivity index (χ1v) is 4.38. The minimum absolute atomic E-state index is 0.241. The summed E-state index contributed by atoms with van der Waals surface area (Å²) in [5.74, 6) is 0. The second-order valence-corrected chi connectivity index (χ2v) is 2.95. The molecule has 82 valence electrons. The van der Waals surface area contributed by atoms with Crippen molar-refractivity contribution in [3.05, 3.63) is 33.9 Å². The predicted octanol–water partition coefficient (Wildman–Crippen LogP) is 3.34. The molecule has 0 unspecified atom stereocenters. The number of nitrogens with zero attached hydrogens (tertiary/aromatic N) is 1. The van der Waals surface area contributed by atoms with Crippen molar-refractivity contribution in [3.63, 3.8) is 0 Å². The average Bonchev–Trinajstić information content (AvgIpc) is 2.15. The van der Waals surface area contributed by atoms with Gasteiger partial charge in [-0.3, -0.25) is 10.1 Å². The van der Waals surface area contributed by atoms with Gasteiger partial charge in [0.05, 0.1) is 4.92 Å². The van der Waals surface area contributed by atoms with Gasteiger partial charge in [-0.25, -0.2) is 0 Å². The Bertz CT molecular complexity index is 394. The highest BCUT2D eigenvalue weighted by atomic mass is 79.9. The van der Waals surface area contributed by atoms with Crippen molar-refractivity contribution >= 4 is 27.5 Å². The number of para-hydroxylation sites is 1. The highest BCUT2D eigenvalue weighted by Crippen LogP contribution is 2.40. The number of nitro groups is 1. The van der Waals surface area contributed by atoms with Gasteiger partial charge in [0.1, 0.15) is 11.3 Å². The van der Waals surface area contributed by atoms with Gasteiger partial charge in [-0.2, -0.15) is 13.2 Å². The molecule has 0 aliphatic carbocycles. The minimum Gasteiger partial charge on any atom is -0.317 e. The quantitative estimate of drug-likeness (QED) is 0.515. The van der Waals surface area contributed by atoms with Crippen molar-refractivity contribution in [3.8, 4) is 0 Å². The fraction of sp³-hybridized carbons (Fsp3) is 0.143. The van der Waals surface area contributed by atoms with Crippen LogP contribution < -0.4 is 4.34 Å². The van der Waals surface area contributed by atoms with E-state index in [4.69, 9.17) is 0 Å². The Balaban J connectivity index is 3.46. The van der Waals surface area contributed by atoms with Gasteiger partial charge < -0.3 is 4.34 Å². The van der Waals surface area contributed by atoms with Crippen LogP contribution >= 0.6 is 16.1 Å². The van der Waals surface area contributed by atoms with Crippen molar-refractivity contribution in [2.24, 2.45) is 0 Å². The van der Waals surface area contributed by atoms with Gasteiger partial charge in [-0.05, 0) is 12.1 Å². The van der Waals surface area contributed by atoms with Crippen LogP contribution in [0.25, 0.3) is 0 Å². The summed E-state index contributed by atoms with van der Waals surface area (Å²) >= 11 is 2.66. The Hall–Kier alpha value is -1.31. The number of nitrogens with one attached hydrogen (secondary N) is 1. The fourth-order valence-electron chi connectivity index (χ4n) is 1.05. The second kappa shape index (κ2) is 4.05. The van der Waals surface area contributed by atoms with E-state index in [2.05, 4.69) is 20.5 Å². The van der Waals surface area contributed by atoms with Crippen LogP contribution in [0, 0.1) is 10.1 Å². The van der Waals surface area contributed by atoms with Crippen molar-refractivity contribution in [1.82, 2.24) is 0 Å². The monoisotopic (exact) mass is 284 g/mol. The van der Waals surface area contributed by atoms with E-state index in [0.717, 1.165) is 6.07 Å². The van der Waals surface area contributed by atoms with Gasteiger partial charge in [0, 0.05) is 16.1 Å². The molecule has 0 radical (unpaired) electrons. The first kappa shape index (κ1) is 11.8. The first-order valence-electron chi connectivity index (χ1n) is 3.59. The summed E-state index contributed by atoms with van der Waals surface area (Å²) in [6.07, 6.45) is -4.75. The Labute approximate surface area is 90.6 Å². The van der Waals surface area contributed by atoms with E-state index in [-0.39, 0.29) is 5.69 Å². The van der Waals surface area contributed by atoms with Gasteiger partial charge in [-0.15, -0.1) is 0 Å². The Morgan fingerprint density at radius 1 is 1.40 bits per heavy atom. The van der Waals surface area contributed by atoms with Crippen LogP contribution in [0.5, 0.6) is 0 Å². The van der Waals surface area contributed by atoms with Crippen LogP contribution in [0.3, 0.4) is 0 Å². The summed E-state index contributed by atoms with van der Waals surface area (Å²) in [7, 11) is 0. The third-order valence-corrected chi connectivity index (χ3v) is 2.05. The summed E-state index contributed by atoms with van der Waals surface area (Å²) in [6.45, 7) is 0. The summed E-state index contributed by atoms with van der Waals surface area (Å²) in [5.41, 5.74) is -2.52. The molecule has 0 bridgehead atoms. The molecule has 0 aliphatic heterocycles. The molecule has 0 amide bonds. The maximum absolute atomic E-state index is 12.4. The largest absolute Gasteiger partial charge is 0.423 e. The molecule has 0 spiro atoms. The fourth-order valence-corrected chi connectivity index (χ4v) is 1.37. The van der Waals surface area contributed by atoms with E-state index in [1.807, 2.05) is 0 Å². The van der Waals surface area contributed by atoms with E-state index in [1.165, 1.54) is 6.07 Å². The van der Waals surface area contributed by atoms with Crippen LogP contribution in [-0.2, 0) is 6.18 Å². The maximum Gasteiger partial charge on any atom is 0.423 e. The smallest absolute Gasteiger partial charge is 0.317 e. The molecule has 0 aliphatic rings. The lowest BCUT2D eigenvalue weighted by atomic mass is 10.1. The molecule has 0 atom stereocenters. The average molecular weight is 285 g/mol. The number of benzene rings is 1. The van der Waals surface area contributed by atoms with E-state index in [1.54, 1.807) is 0 Å². The van der Waals surface area contributed by atoms with E-state index >= 15 is 0 Å². The van der Waals surface area contributed by atoms with E-state index in [9.17, 15) is 23.3 Å². The van der Waals surface area contributed by atoms with E-state index < -0.39 is 22.4 Å². The van der Waals surface area contributed by atoms with Crippen molar-refractivity contribution in [2.45, 2.75) is 6.18 Å². The van der Waals surface area contributed by atoms with E-state index in [0.29, 0.717) is 6.07 Å². The maximum atomic E-state index is 12.4. The predicted molar refractivity (Wildman–Crippen MR) is 50.6 cm³/mol. The molecule has 0 fully saturated rings. The number of nitro benzene ring substituents is 1. The third kappa shape index (κ3) is 2.38. The second-order valence-electron chi connectivity index (χ2n) is 2.55. The lowest BCUT2D eigenvalue weighted by molar-refractivity contribution is -0.387. The Morgan fingerprint density at radius 3 is 2.40 bits per heavy atom. The van der Waals surface area contributed by atoms with Gasteiger partial charge in [0.15, 0.2) is 0 Å². The van der Waals surface area contributed by atoms with Gasteiger partial charge in [-0.1, -0.05) is 6.07 Å². The van der Waals surface area contributed by atoms with Gasteiger partial charge in [0.2, 0.25) is 0 Å². The molecule has 15 heavy (non-hydrogen) atoms. The van der Waals surface area contributed by atoms with Crippen LogP contribution in [0.4, 0.5) is 24.5 Å². The minimum atomic E-state index is -4.75. The van der Waals surface area contributed by atoms with Gasteiger partial charge in [0.25, 0.3) is 0 Å². The van der Waals surface area contributed by atoms with Crippen molar-refractivity contribution in [1.29, 1.82) is 0 Å². The lowest BCUT2D eigenvalue weighted by Crippen LogP contribution is -2.09. The summed E-state index contributed by atoms with van der Waals surface area (Å²) in [4.78, 5) is 9.42. The molecule has 1 aromatic carbocycles. The number of rotatable bonds is 2. The summed E-state index contributed by atoms with van der Waals surface area (Å²) < 4.78 is 39.3. The highest BCUT2D eigenvalue weighted by molar-refractivity contribution is 9.10. The van der Waals surface area contributed by atoms with Gasteiger partial charge >= 0.3 is 11.9 Å². The molecule has 0 aromatic heterocycles. The van der Waals surface area contributed by atoms with Crippen LogP contribution in [0.15, 0.2) is 18.2 Å². The molecule has 0 heterocycles. The van der Waals surface area contributed by atoms with Crippen molar-refractivity contribution < 1.29 is 18.1 Å². The highest BCUT2D eigenvalue weighted by Gasteiger charge is 2.39. The van der Waals surface area contributed by atoms with Crippen LogP contribution in [0.1, 0.15) is 5.56 Å². The molecular weight excluding hydrogens is 281 g/mol. The molecule has 0 saturated heterocycles. The molecule has 4 nitrogen and oxygen atoms in total.